The Labute approximate surface area is 98.0 Å². The first-order valence-electron chi connectivity index (χ1n) is 4.65. The number of pyridine rings is 2. The smallest absolute Gasteiger partial charge is 0.242 e. The number of aryl methyl sites for hydroxylation is 1. The van der Waals surface area contributed by atoms with E-state index in [2.05, 4.69) is 9.97 Å². The molecule has 0 aliphatic rings. The van der Waals surface area contributed by atoms with Crippen molar-refractivity contribution in [3.05, 3.63) is 41.3 Å². The summed E-state index contributed by atoms with van der Waals surface area (Å²) in [6.45, 7) is 1.91. The number of rotatable bonds is 2. The Morgan fingerprint density at radius 1 is 1.25 bits per heavy atom. The predicted octanol–water partition coefficient (Wildman–Crippen LogP) is 2.81. The molecule has 16 heavy (non-hydrogen) atoms. The number of ether oxygens (including phenoxy) is 1. The summed E-state index contributed by atoms with van der Waals surface area (Å²) >= 11 is 5.78. The predicted molar refractivity (Wildman–Crippen MR) is 62.7 cm³/mol. The van der Waals surface area contributed by atoms with Crippen LogP contribution in [0.2, 0.25) is 5.02 Å². The van der Waals surface area contributed by atoms with E-state index in [0.717, 1.165) is 5.56 Å². The molecular weight excluding hydrogens is 226 g/mol. The van der Waals surface area contributed by atoms with Crippen LogP contribution in [0.5, 0.6) is 11.6 Å². The van der Waals surface area contributed by atoms with E-state index in [1.54, 1.807) is 24.5 Å². The van der Waals surface area contributed by atoms with Crippen molar-refractivity contribution < 1.29 is 4.74 Å². The Bertz CT molecular complexity index is 516. The number of hydrogen-bond acceptors (Lipinski definition) is 4. The number of nitrogen functional groups attached to an aromatic ring is 1. The topological polar surface area (TPSA) is 61.0 Å². The van der Waals surface area contributed by atoms with Crippen molar-refractivity contribution in [3.8, 4) is 11.6 Å². The second-order valence-corrected chi connectivity index (χ2v) is 3.78. The second-order valence-electron chi connectivity index (χ2n) is 3.35. The van der Waals surface area contributed by atoms with Crippen molar-refractivity contribution in [1.82, 2.24) is 9.97 Å². The van der Waals surface area contributed by atoms with E-state index in [-0.39, 0.29) is 0 Å². The molecule has 0 fully saturated rings. The lowest BCUT2D eigenvalue weighted by atomic mass is 10.3. The number of hydrogen-bond donors (Lipinski definition) is 1. The summed E-state index contributed by atoms with van der Waals surface area (Å²) in [7, 11) is 0. The lowest BCUT2D eigenvalue weighted by molar-refractivity contribution is 0.463. The number of nitrogens with two attached hydrogens (primary N) is 1. The molecule has 0 aromatic carbocycles. The molecule has 5 heteroatoms. The Morgan fingerprint density at radius 2 is 2.06 bits per heavy atom. The molecule has 2 heterocycles. The van der Waals surface area contributed by atoms with Gasteiger partial charge in [0.15, 0.2) is 0 Å². The van der Waals surface area contributed by atoms with E-state index in [0.29, 0.717) is 22.3 Å². The van der Waals surface area contributed by atoms with Gasteiger partial charge in [-0.05, 0) is 18.6 Å². The SMILES string of the molecule is Cc1cnc(Oc2cncc(Cl)c2)c(N)c1. The van der Waals surface area contributed by atoms with Gasteiger partial charge in [-0.3, -0.25) is 4.98 Å². The van der Waals surface area contributed by atoms with Crippen LogP contribution in [0.15, 0.2) is 30.7 Å². The average Bonchev–Trinajstić information content (AvgIpc) is 2.22. The highest BCUT2D eigenvalue weighted by molar-refractivity contribution is 6.30. The van der Waals surface area contributed by atoms with Gasteiger partial charge in [0.25, 0.3) is 0 Å². The lowest BCUT2D eigenvalue weighted by Crippen LogP contribution is -1.95. The van der Waals surface area contributed by atoms with Gasteiger partial charge >= 0.3 is 0 Å². The van der Waals surface area contributed by atoms with Gasteiger partial charge in [0.05, 0.1) is 16.9 Å². The lowest BCUT2D eigenvalue weighted by Gasteiger charge is -2.07. The van der Waals surface area contributed by atoms with Gasteiger partial charge in [-0.1, -0.05) is 11.6 Å². The molecular formula is C11H10ClN3O. The number of anilines is 1. The molecule has 0 spiro atoms. The zero-order chi connectivity index (χ0) is 11.5. The van der Waals surface area contributed by atoms with Crippen molar-refractivity contribution in [2.45, 2.75) is 6.92 Å². The third kappa shape index (κ3) is 2.41. The molecule has 2 aromatic heterocycles. The van der Waals surface area contributed by atoms with Crippen LogP contribution < -0.4 is 10.5 Å². The molecule has 0 bridgehead atoms. The van der Waals surface area contributed by atoms with Crippen molar-refractivity contribution in [2.75, 3.05) is 5.73 Å². The van der Waals surface area contributed by atoms with Gasteiger partial charge in [-0.2, -0.15) is 0 Å². The minimum Gasteiger partial charge on any atom is -0.435 e. The molecule has 2 aromatic rings. The van der Waals surface area contributed by atoms with Crippen LogP contribution in [0, 0.1) is 6.92 Å². The minimum absolute atomic E-state index is 0.356. The molecule has 2 N–H and O–H groups in total. The summed E-state index contributed by atoms with van der Waals surface area (Å²) in [5.74, 6) is 0.866. The first-order valence-corrected chi connectivity index (χ1v) is 5.03. The fourth-order valence-electron chi connectivity index (χ4n) is 1.22. The molecule has 0 saturated heterocycles. The van der Waals surface area contributed by atoms with Gasteiger partial charge in [0, 0.05) is 18.5 Å². The fourth-order valence-corrected chi connectivity index (χ4v) is 1.39. The van der Waals surface area contributed by atoms with Gasteiger partial charge < -0.3 is 10.5 Å². The van der Waals surface area contributed by atoms with Crippen molar-refractivity contribution in [3.63, 3.8) is 0 Å². The van der Waals surface area contributed by atoms with Gasteiger partial charge in [0.1, 0.15) is 5.75 Å². The Hall–Kier alpha value is -1.81. The van der Waals surface area contributed by atoms with Crippen molar-refractivity contribution >= 4 is 17.3 Å². The summed E-state index contributed by atoms with van der Waals surface area (Å²) in [5.41, 5.74) is 7.23. The summed E-state index contributed by atoms with van der Waals surface area (Å²) in [4.78, 5) is 7.99. The largest absolute Gasteiger partial charge is 0.435 e. The Morgan fingerprint density at radius 3 is 2.75 bits per heavy atom. The zero-order valence-electron chi connectivity index (χ0n) is 8.64. The van der Waals surface area contributed by atoms with Crippen LogP contribution in [-0.2, 0) is 0 Å². The van der Waals surface area contributed by atoms with Crippen molar-refractivity contribution in [1.29, 1.82) is 0 Å². The maximum absolute atomic E-state index is 5.78. The summed E-state index contributed by atoms with van der Waals surface area (Å²) in [5, 5.41) is 0.503. The van der Waals surface area contributed by atoms with Crippen LogP contribution in [0.25, 0.3) is 0 Å². The van der Waals surface area contributed by atoms with Crippen LogP contribution in [0.1, 0.15) is 5.56 Å². The summed E-state index contributed by atoms with van der Waals surface area (Å²) in [6.07, 6.45) is 4.76. The van der Waals surface area contributed by atoms with E-state index < -0.39 is 0 Å². The maximum atomic E-state index is 5.78. The van der Waals surface area contributed by atoms with E-state index in [9.17, 15) is 0 Å². The van der Waals surface area contributed by atoms with E-state index in [1.165, 1.54) is 6.20 Å². The van der Waals surface area contributed by atoms with Gasteiger partial charge in [-0.15, -0.1) is 0 Å². The van der Waals surface area contributed by atoms with E-state index >= 15 is 0 Å². The molecule has 0 unspecified atom stereocenters. The van der Waals surface area contributed by atoms with E-state index in [1.807, 2.05) is 6.92 Å². The van der Waals surface area contributed by atoms with Crippen LogP contribution in [0.4, 0.5) is 5.69 Å². The van der Waals surface area contributed by atoms with Crippen LogP contribution in [0.3, 0.4) is 0 Å². The molecule has 0 atom stereocenters. The van der Waals surface area contributed by atoms with E-state index in [4.69, 9.17) is 22.1 Å². The van der Waals surface area contributed by atoms with Crippen molar-refractivity contribution in [2.24, 2.45) is 0 Å². The summed E-state index contributed by atoms with van der Waals surface area (Å²) in [6, 6.07) is 3.44. The average molecular weight is 236 g/mol. The molecule has 0 aliphatic heterocycles. The number of aromatic nitrogens is 2. The second kappa shape index (κ2) is 4.37. The first-order chi connectivity index (χ1) is 7.65. The minimum atomic E-state index is 0.356. The maximum Gasteiger partial charge on any atom is 0.242 e. The Balaban J connectivity index is 2.27. The third-order valence-electron chi connectivity index (χ3n) is 1.91. The quantitative estimate of drug-likeness (QED) is 0.870. The molecule has 2 rings (SSSR count). The molecule has 0 radical (unpaired) electrons. The summed E-state index contributed by atoms with van der Waals surface area (Å²) < 4.78 is 5.46. The third-order valence-corrected chi connectivity index (χ3v) is 2.12. The van der Waals surface area contributed by atoms with Crippen LogP contribution >= 0.6 is 11.6 Å². The molecule has 0 amide bonds. The molecule has 0 saturated carbocycles. The first kappa shape index (κ1) is 10.7. The Kier molecular flexibility index (Phi) is 2.92. The normalized spacial score (nSPS) is 10.1. The molecule has 0 aliphatic carbocycles. The fraction of sp³-hybridized carbons (Fsp3) is 0.0909. The standard InChI is InChI=1S/C11H10ClN3O/c1-7-2-10(13)11(15-4-7)16-9-3-8(12)5-14-6-9/h2-6H,13H2,1H3. The number of nitrogens with zero attached hydrogens (tertiary/aromatic N) is 2. The van der Waals surface area contributed by atoms with Crippen LogP contribution in [-0.4, -0.2) is 9.97 Å². The molecule has 82 valence electrons. The van der Waals surface area contributed by atoms with Gasteiger partial charge in [-0.25, -0.2) is 4.98 Å². The zero-order valence-corrected chi connectivity index (χ0v) is 9.40. The highest BCUT2D eigenvalue weighted by Gasteiger charge is 2.04. The number of halogens is 1. The highest BCUT2D eigenvalue weighted by atomic mass is 35.5. The highest BCUT2D eigenvalue weighted by Crippen LogP contribution is 2.26. The van der Waals surface area contributed by atoms with Gasteiger partial charge in [0.2, 0.25) is 5.88 Å². The monoisotopic (exact) mass is 235 g/mol. The molecule has 4 nitrogen and oxygen atoms in total.